The lowest BCUT2D eigenvalue weighted by Gasteiger charge is -2.54. The lowest BCUT2D eigenvalue weighted by molar-refractivity contribution is -0.0558. The summed E-state index contributed by atoms with van der Waals surface area (Å²) < 4.78 is 5.45. The number of nitrogens with two attached hydrogens (primary N) is 1. The topological polar surface area (TPSA) is 75.8 Å². The number of hydrogen-bond acceptors (Lipinski definition) is 4. The van der Waals surface area contributed by atoms with Gasteiger partial charge in [-0.15, -0.1) is 0 Å². The highest BCUT2D eigenvalue weighted by atomic mass is 16.6. The molecule has 2 saturated carbocycles. The molecule has 5 heteroatoms. The summed E-state index contributed by atoms with van der Waals surface area (Å²) in [6.07, 6.45) is 1.92. The second-order valence-electron chi connectivity index (χ2n) is 7.52. The Labute approximate surface area is 114 Å². The van der Waals surface area contributed by atoms with Crippen LogP contribution in [-0.4, -0.2) is 45.9 Å². The van der Waals surface area contributed by atoms with Gasteiger partial charge in [-0.1, -0.05) is 0 Å². The predicted octanol–water partition coefficient (Wildman–Crippen LogP) is 1.09. The zero-order valence-electron chi connectivity index (χ0n) is 11.9. The molecule has 19 heavy (non-hydrogen) atoms. The number of amides is 1. The van der Waals surface area contributed by atoms with E-state index >= 15 is 0 Å². The molecule has 2 aliphatic heterocycles. The first-order valence-electron chi connectivity index (χ1n) is 7.16. The highest BCUT2D eigenvalue weighted by Gasteiger charge is 2.63. The molecular weight excluding hydrogens is 244 g/mol. The van der Waals surface area contributed by atoms with Gasteiger partial charge >= 0.3 is 6.09 Å². The molecule has 3 N–H and O–H groups in total. The van der Waals surface area contributed by atoms with Crippen LogP contribution in [0, 0.1) is 11.8 Å². The van der Waals surface area contributed by atoms with E-state index in [9.17, 15) is 9.90 Å². The van der Waals surface area contributed by atoms with E-state index in [0.717, 1.165) is 13.0 Å². The van der Waals surface area contributed by atoms with Crippen LogP contribution in [0.25, 0.3) is 0 Å². The van der Waals surface area contributed by atoms with E-state index in [1.165, 1.54) is 0 Å². The van der Waals surface area contributed by atoms with Gasteiger partial charge < -0.3 is 20.5 Å². The lowest BCUT2D eigenvalue weighted by atomic mass is 9.55. The molecule has 2 heterocycles. The van der Waals surface area contributed by atoms with Crippen molar-refractivity contribution in [2.75, 3.05) is 6.54 Å². The van der Waals surface area contributed by atoms with Crippen molar-refractivity contribution < 1.29 is 14.6 Å². The predicted molar refractivity (Wildman–Crippen MR) is 70.5 cm³/mol. The number of nitrogens with zero attached hydrogens (tertiary/aromatic N) is 1. The van der Waals surface area contributed by atoms with Crippen molar-refractivity contribution in [2.24, 2.45) is 17.6 Å². The molecule has 0 radical (unpaired) electrons. The van der Waals surface area contributed by atoms with Crippen molar-refractivity contribution >= 4 is 6.09 Å². The molecule has 1 amide bonds. The fourth-order valence-electron chi connectivity index (χ4n) is 4.09. The molecule has 0 aromatic rings. The van der Waals surface area contributed by atoms with E-state index in [1.54, 1.807) is 0 Å². The lowest BCUT2D eigenvalue weighted by Crippen LogP contribution is -2.66. The summed E-state index contributed by atoms with van der Waals surface area (Å²) in [5.74, 6) is 0.846. The molecule has 0 spiro atoms. The van der Waals surface area contributed by atoms with Crippen LogP contribution >= 0.6 is 0 Å². The number of carbonyl (C=O) groups is 1. The monoisotopic (exact) mass is 268 g/mol. The molecule has 108 valence electrons. The summed E-state index contributed by atoms with van der Waals surface area (Å²) in [4.78, 5) is 14.0. The third-order valence-corrected chi connectivity index (χ3v) is 4.82. The third-order valence-electron chi connectivity index (χ3n) is 4.82. The van der Waals surface area contributed by atoms with Crippen LogP contribution in [0.5, 0.6) is 0 Å². The molecular formula is C14H24N2O3. The minimum absolute atomic E-state index is 0.217. The zero-order chi connectivity index (χ0) is 14.0. The molecule has 0 aromatic carbocycles. The minimum atomic E-state index is -0.452. The number of carbonyl (C=O) groups excluding carboxylic acids is 1. The maximum Gasteiger partial charge on any atom is 0.410 e. The first kappa shape index (κ1) is 13.2. The Hall–Kier alpha value is -0.810. The van der Waals surface area contributed by atoms with Crippen molar-refractivity contribution in [3.8, 4) is 0 Å². The Morgan fingerprint density at radius 1 is 1.42 bits per heavy atom. The molecule has 4 rings (SSSR count). The van der Waals surface area contributed by atoms with Gasteiger partial charge in [0.25, 0.3) is 0 Å². The van der Waals surface area contributed by atoms with Gasteiger partial charge in [0.2, 0.25) is 0 Å². The zero-order valence-corrected chi connectivity index (χ0v) is 11.9. The molecule has 2 bridgehead atoms. The quantitative estimate of drug-likeness (QED) is 0.746. The van der Waals surface area contributed by atoms with E-state index in [4.69, 9.17) is 10.5 Å². The number of hydrogen-bond donors (Lipinski definition) is 2. The molecule has 1 unspecified atom stereocenters. The van der Waals surface area contributed by atoms with E-state index in [0.29, 0.717) is 24.7 Å². The van der Waals surface area contributed by atoms with Crippen molar-refractivity contribution in [3.63, 3.8) is 0 Å². The highest BCUT2D eigenvalue weighted by molar-refractivity contribution is 5.70. The van der Waals surface area contributed by atoms with Crippen LogP contribution in [-0.2, 0) is 4.74 Å². The Morgan fingerprint density at radius 3 is 2.58 bits per heavy atom. The van der Waals surface area contributed by atoms with Gasteiger partial charge in [0, 0.05) is 24.0 Å². The molecule has 4 fully saturated rings. The van der Waals surface area contributed by atoms with E-state index in [-0.39, 0.29) is 23.8 Å². The summed E-state index contributed by atoms with van der Waals surface area (Å²) in [6.45, 7) is 6.42. The van der Waals surface area contributed by atoms with Crippen molar-refractivity contribution in [1.82, 2.24) is 4.90 Å². The number of aliphatic hydroxyl groups excluding tert-OH is 1. The summed E-state index contributed by atoms with van der Waals surface area (Å²) in [7, 11) is 0. The average molecular weight is 268 g/mol. The maximum absolute atomic E-state index is 12.2. The van der Waals surface area contributed by atoms with Gasteiger partial charge in [-0.25, -0.2) is 4.79 Å². The summed E-state index contributed by atoms with van der Waals surface area (Å²) in [5, 5.41) is 9.49. The van der Waals surface area contributed by atoms with Gasteiger partial charge in [0.1, 0.15) is 5.60 Å². The molecule has 2 saturated heterocycles. The van der Waals surface area contributed by atoms with E-state index in [2.05, 4.69) is 0 Å². The maximum atomic E-state index is 12.2. The molecule has 5 nitrogen and oxygen atoms in total. The normalized spacial score (nSPS) is 44.6. The third kappa shape index (κ3) is 2.03. The molecule has 4 aliphatic rings. The Morgan fingerprint density at radius 2 is 2.05 bits per heavy atom. The second-order valence-corrected chi connectivity index (χ2v) is 7.52. The number of ether oxygens (including phenoxy) is 1. The summed E-state index contributed by atoms with van der Waals surface area (Å²) in [6, 6.07) is 0.220. The molecule has 0 aromatic heterocycles. The van der Waals surface area contributed by atoms with E-state index < -0.39 is 5.60 Å². The van der Waals surface area contributed by atoms with Crippen LogP contribution in [0.1, 0.15) is 40.0 Å². The fourth-order valence-corrected chi connectivity index (χ4v) is 4.09. The minimum Gasteiger partial charge on any atom is -0.444 e. The standard InChI is InChI=1S/C14H24N2O3/c1-13(2,3)19-12(18)16-7-8-4-10(16)11(8)14(15)5-9(17)6-14/h8-11,17H,4-7,15H2,1-3H3/t8-,9?,10-,11?,14?/m0/s1. The van der Waals surface area contributed by atoms with Crippen LogP contribution < -0.4 is 5.73 Å². The van der Waals surface area contributed by atoms with E-state index in [1.807, 2.05) is 25.7 Å². The molecule has 2 aliphatic carbocycles. The second kappa shape index (κ2) is 3.85. The highest BCUT2D eigenvalue weighted by Crippen LogP contribution is 2.55. The Balaban J connectivity index is 1.65. The van der Waals surface area contributed by atoms with Crippen molar-refractivity contribution in [2.45, 2.75) is 63.3 Å². The number of rotatable bonds is 1. The van der Waals surface area contributed by atoms with Gasteiger partial charge in [-0.2, -0.15) is 0 Å². The van der Waals surface area contributed by atoms with Crippen LogP contribution in [0.2, 0.25) is 0 Å². The van der Waals surface area contributed by atoms with Crippen LogP contribution in [0.4, 0.5) is 4.79 Å². The van der Waals surface area contributed by atoms with Gasteiger partial charge in [-0.3, -0.25) is 0 Å². The fraction of sp³-hybridized carbons (Fsp3) is 0.929. The Kier molecular flexibility index (Phi) is 2.68. The summed E-state index contributed by atoms with van der Waals surface area (Å²) >= 11 is 0. The first-order chi connectivity index (χ1) is 8.70. The SMILES string of the molecule is CC(C)(C)OC(=O)N1C[C@@H]2C[C@H]1C2C1(N)CC(O)C1. The largest absolute Gasteiger partial charge is 0.444 e. The van der Waals surface area contributed by atoms with Gasteiger partial charge in [0.05, 0.1) is 6.10 Å². The number of fused-ring (bicyclic) bond motifs is 1. The van der Waals surface area contributed by atoms with Gasteiger partial charge in [-0.05, 0) is 46.0 Å². The van der Waals surface area contributed by atoms with Crippen LogP contribution in [0.3, 0.4) is 0 Å². The van der Waals surface area contributed by atoms with Crippen LogP contribution in [0.15, 0.2) is 0 Å². The smallest absolute Gasteiger partial charge is 0.410 e. The van der Waals surface area contributed by atoms with Crippen molar-refractivity contribution in [3.05, 3.63) is 0 Å². The van der Waals surface area contributed by atoms with Crippen molar-refractivity contribution in [1.29, 1.82) is 0 Å². The average Bonchev–Trinajstić information content (AvgIpc) is 2.68. The first-order valence-corrected chi connectivity index (χ1v) is 7.16. The Bertz CT molecular complexity index is 398. The molecule has 3 atom stereocenters. The summed E-state index contributed by atoms with van der Waals surface area (Å²) in [5.41, 5.74) is 5.66. The van der Waals surface area contributed by atoms with Gasteiger partial charge in [0.15, 0.2) is 0 Å². The number of aliphatic hydroxyl groups is 1.